The molecule has 2 aromatic heterocycles. The van der Waals surface area contributed by atoms with Gasteiger partial charge in [0.25, 0.3) is 0 Å². The first kappa shape index (κ1) is 17.1. The lowest BCUT2D eigenvalue weighted by Gasteiger charge is -2.44. The lowest BCUT2D eigenvalue weighted by Crippen LogP contribution is -2.61. The molecule has 1 saturated carbocycles. The van der Waals surface area contributed by atoms with Gasteiger partial charge >= 0.3 is 0 Å². The summed E-state index contributed by atoms with van der Waals surface area (Å²) in [5, 5.41) is 21.9. The highest BCUT2D eigenvalue weighted by molar-refractivity contribution is 5.68. The van der Waals surface area contributed by atoms with Crippen LogP contribution in [0.2, 0.25) is 0 Å². The standard InChI is InChI=1S/C20H20FN5O2/c21-19-16-4-1-12(10-23-16)20(19)28-18-6-5-15(24-25-18)14-3-2-13(9-17(14)27)26-8-7-22-11-26/h2-3,5-9,11-12,16,19-20,23,27H,1,4,10H2/t12-,16-,19-,20+/m0/s1. The van der Waals surface area contributed by atoms with Crippen molar-refractivity contribution in [3.8, 4) is 28.6 Å². The van der Waals surface area contributed by atoms with Crippen LogP contribution in [0.3, 0.4) is 0 Å². The van der Waals surface area contributed by atoms with E-state index < -0.39 is 12.3 Å². The monoisotopic (exact) mass is 381 g/mol. The van der Waals surface area contributed by atoms with E-state index in [1.807, 2.05) is 6.07 Å². The first-order valence-electron chi connectivity index (χ1n) is 9.38. The number of nitrogens with zero attached hydrogens (tertiary/aromatic N) is 4. The summed E-state index contributed by atoms with van der Waals surface area (Å²) in [5.41, 5.74) is 1.87. The highest BCUT2D eigenvalue weighted by Gasteiger charge is 2.45. The molecule has 8 heteroatoms. The first-order valence-corrected chi connectivity index (χ1v) is 9.38. The second kappa shape index (κ2) is 6.87. The number of benzene rings is 1. The number of alkyl halides is 1. The third-order valence-corrected chi connectivity index (χ3v) is 5.61. The van der Waals surface area contributed by atoms with Gasteiger partial charge < -0.3 is 19.7 Å². The van der Waals surface area contributed by atoms with Crippen molar-refractivity contribution in [3.05, 3.63) is 49.1 Å². The molecule has 1 aromatic carbocycles. The molecule has 3 aromatic rings. The van der Waals surface area contributed by atoms with Crippen molar-refractivity contribution in [3.63, 3.8) is 0 Å². The van der Waals surface area contributed by atoms with E-state index in [9.17, 15) is 9.50 Å². The number of imidazole rings is 1. The Labute approximate surface area is 161 Å². The van der Waals surface area contributed by atoms with Gasteiger partial charge in [0.15, 0.2) is 6.17 Å². The van der Waals surface area contributed by atoms with E-state index in [-0.39, 0.29) is 17.7 Å². The van der Waals surface area contributed by atoms with E-state index in [0.717, 1.165) is 25.1 Å². The summed E-state index contributed by atoms with van der Waals surface area (Å²) in [7, 11) is 0. The Morgan fingerprint density at radius 1 is 1.18 bits per heavy atom. The zero-order valence-electron chi connectivity index (χ0n) is 15.1. The van der Waals surface area contributed by atoms with Crippen LogP contribution in [-0.4, -0.2) is 49.7 Å². The predicted molar refractivity (Wildman–Crippen MR) is 100 cm³/mol. The van der Waals surface area contributed by atoms with Gasteiger partial charge in [0.2, 0.25) is 5.88 Å². The van der Waals surface area contributed by atoms with Crippen molar-refractivity contribution in [1.82, 2.24) is 25.1 Å². The molecule has 28 heavy (non-hydrogen) atoms. The number of hydrogen-bond acceptors (Lipinski definition) is 6. The fourth-order valence-corrected chi connectivity index (χ4v) is 4.08. The predicted octanol–water partition coefficient (Wildman–Crippen LogP) is 2.50. The van der Waals surface area contributed by atoms with Gasteiger partial charge in [-0.3, -0.25) is 0 Å². The summed E-state index contributed by atoms with van der Waals surface area (Å²) in [6.07, 6.45) is 5.43. The lowest BCUT2D eigenvalue weighted by atomic mass is 9.78. The molecule has 3 fully saturated rings. The summed E-state index contributed by atoms with van der Waals surface area (Å²) in [6, 6.07) is 8.55. The minimum absolute atomic E-state index is 0.0913. The van der Waals surface area contributed by atoms with E-state index in [2.05, 4.69) is 20.5 Å². The van der Waals surface area contributed by atoms with Crippen molar-refractivity contribution >= 4 is 0 Å². The zero-order chi connectivity index (χ0) is 19.1. The summed E-state index contributed by atoms with van der Waals surface area (Å²) in [6.45, 7) is 0.776. The number of piperidine rings is 2. The maximum atomic E-state index is 14.5. The summed E-state index contributed by atoms with van der Waals surface area (Å²) >= 11 is 0. The minimum Gasteiger partial charge on any atom is -0.507 e. The highest BCUT2D eigenvalue weighted by Crippen LogP contribution is 2.35. The molecule has 2 bridgehead atoms. The van der Waals surface area contributed by atoms with Gasteiger partial charge in [-0.15, -0.1) is 10.2 Å². The van der Waals surface area contributed by atoms with Crippen LogP contribution in [0.15, 0.2) is 49.1 Å². The van der Waals surface area contributed by atoms with Crippen LogP contribution in [0.4, 0.5) is 4.39 Å². The molecule has 4 atom stereocenters. The number of ether oxygens (including phenoxy) is 1. The Morgan fingerprint density at radius 3 is 2.75 bits per heavy atom. The third-order valence-electron chi connectivity index (χ3n) is 5.61. The molecule has 1 aliphatic carbocycles. The van der Waals surface area contributed by atoms with Crippen LogP contribution >= 0.6 is 0 Å². The number of halogens is 1. The average Bonchev–Trinajstić information content (AvgIpc) is 3.27. The maximum absolute atomic E-state index is 14.5. The van der Waals surface area contributed by atoms with E-state index in [1.165, 1.54) is 0 Å². The topological polar surface area (TPSA) is 85.1 Å². The Bertz CT molecular complexity index is 953. The lowest BCUT2D eigenvalue weighted by molar-refractivity contribution is -0.0353. The molecule has 0 unspecified atom stereocenters. The summed E-state index contributed by atoms with van der Waals surface area (Å²) < 4.78 is 22.1. The third kappa shape index (κ3) is 2.99. The molecule has 0 radical (unpaired) electrons. The van der Waals surface area contributed by atoms with Gasteiger partial charge in [0.05, 0.1) is 17.7 Å². The smallest absolute Gasteiger partial charge is 0.233 e. The maximum Gasteiger partial charge on any atom is 0.233 e. The second-order valence-electron chi connectivity index (χ2n) is 7.31. The second-order valence-corrected chi connectivity index (χ2v) is 7.31. The fraction of sp³-hybridized carbons (Fsp3) is 0.350. The number of rotatable bonds is 4. The van der Waals surface area contributed by atoms with Crippen molar-refractivity contribution in [2.75, 3.05) is 6.54 Å². The van der Waals surface area contributed by atoms with Crippen LogP contribution in [0.5, 0.6) is 11.6 Å². The molecule has 0 spiro atoms. The number of hydrogen-bond donors (Lipinski definition) is 2. The molecule has 2 N–H and O–H groups in total. The number of fused-ring (bicyclic) bond motifs is 3. The van der Waals surface area contributed by atoms with Gasteiger partial charge in [-0.25, -0.2) is 9.37 Å². The number of nitrogens with one attached hydrogen (secondary N) is 1. The number of aromatic hydroxyl groups is 1. The van der Waals surface area contributed by atoms with Crippen molar-refractivity contribution in [2.45, 2.75) is 31.2 Å². The van der Waals surface area contributed by atoms with Crippen LogP contribution in [0.1, 0.15) is 12.8 Å². The Morgan fingerprint density at radius 2 is 2.11 bits per heavy atom. The molecular formula is C20H20FN5O2. The number of phenols is 1. The fourth-order valence-electron chi connectivity index (χ4n) is 4.08. The van der Waals surface area contributed by atoms with Crippen molar-refractivity contribution in [2.24, 2.45) is 5.92 Å². The molecule has 144 valence electrons. The molecule has 3 aliphatic rings. The van der Waals surface area contributed by atoms with Crippen molar-refractivity contribution < 1.29 is 14.2 Å². The normalized spacial score (nSPS) is 26.3. The van der Waals surface area contributed by atoms with Gasteiger partial charge in [0.1, 0.15) is 11.9 Å². The molecule has 0 amide bonds. The van der Waals surface area contributed by atoms with Gasteiger partial charge in [-0.1, -0.05) is 0 Å². The number of phenolic OH excluding ortho intramolecular Hbond substituents is 1. The summed E-state index contributed by atoms with van der Waals surface area (Å²) in [4.78, 5) is 4.00. The van der Waals surface area contributed by atoms with E-state index in [1.54, 1.807) is 47.6 Å². The van der Waals surface area contributed by atoms with Crippen LogP contribution in [-0.2, 0) is 0 Å². The first-order chi connectivity index (χ1) is 13.7. The summed E-state index contributed by atoms with van der Waals surface area (Å²) in [5.74, 6) is 0.549. The molecule has 2 saturated heterocycles. The van der Waals surface area contributed by atoms with Gasteiger partial charge in [-0.2, -0.15) is 0 Å². The van der Waals surface area contributed by atoms with Gasteiger partial charge in [0, 0.05) is 48.6 Å². The zero-order valence-corrected chi connectivity index (χ0v) is 15.1. The molecular weight excluding hydrogens is 361 g/mol. The van der Waals surface area contributed by atoms with Crippen LogP contribution < -0.4 is 10.1 Å². The van der Waals surface area contributed by atoms with Crippen molar-refractivity contribution in [1.29, 1.82) is 0 Å². The molecule has 2 aliphatic heterocycles. The van der Waals surface area contributed by atoms with Crippen LogP contribution in [0, 0.1) is 5.92 Å². The van der Waals surface area contributed by atoms with E-state index >= 15 is 0 Å². The SMILES string of the molecule is Oc1cc(-n2ccnc2)ccc1-c1ccc(O[C@@H]2[C@H]3CC[C@H](NC3)[C@@H]2F)nn1. The van der Waals surface area contributed by atoms with E-state index in [4.69, 9.17) is 4.74 Å². The largest absolute Gasteiger partial charge is 0.507 e. The Kier molecular flexibility index (Phi) is 4.20. The quantitative estimate of drug-likeness (QED) is 0.722. The Hall–Kier alpha value is -3.00. The molecule has 4 heterocycles. The van der Waals surface area contributed by atoms with E-state index in [0.29, 0.717) is 17.1 Å². The minimum atomic E-state index is -1.03. The highest BCUT2D eigenvalue weighted by atomic mass is 19.1. The number of aromatic nitrogens is 4. The molecule has 6 rings (SSSR count). The Balaban J connectivity index is 1.34. The average molecular weight is 381 g/mol. The van der Waals surface area contributed by atoms with Gasteiger partial charge in [-0.05, 0) is 31.0 Å². The molecule has 7 nitrogen and oxygen atoms in total. The van der Waals surface area contributed by atoms with Crippen LogP contribution in [0.25, 0.3) is 16.9 Å².